The molecular weight excluding hydrogens is 268 g/mol. The van der Waals surface area contributed by atoms with Gasteiger partial charge in [-0.2, -0.15) is 0 Å². The normalized spacial score (nSPS) is 30.6. The van der Waals surface area contributed by atoms with Gasteiger partial charge in [-0.05, 0) is 19.3 Å². The van der Waals surface area contributed by atoms with Crippen LogP contribution in [0.25, 0.3) is 0 Å². The highest BCUT2D eigenvalue weighted by atomic mass is 16.5. The summed E-state index contributed by atoms with van der Waals surface area (Å²) in [4.78, 5) is 26.4. The lowest BCUT2D eigenvalue weighted by atomic mass is 10.1. The third-order valence-electron chi connectivity index (χ3n) is 4.97. The molecule has 0 radical (unpaired) electrons. The third-order valence-corrected chi connectivity index (χ3v) is 4.97. The minimum absolute atomic E-state index is 0.0751. The Balaban J connectivity index is 1.45. The first-order valence-electron chi connectivity index (χ1n) is 8.42. The maximum Gasteiger partial charge on any atom is 0.226 e. The molecule has 0 bridgehead atoms. The van der Waals surface area contributed by atoms with Gasteiger partial charge in [-0.1, -0.05) is 25.7 Å². The second kappa shape index (κ2) is 6.77. The molecule has 5 nitrogen and oxygen atoms in total. The minimum Gasteiger partial charge on any atom is -0.378 e. The zero-order valence-electron chi connectivity index (χ0n) is 12.7. The van der Waals surface area contributed by atoms with Crippen molar-refractivity contribution in [3.8, 4) is 0 Å². The van der Waals surface area contributed by atoms with Crippen molar-refractivity contribution >= 4 is 11.8 Å². The SMILES string of the molecule is O=C(NC1CCCCCC1)C1CC1C(=O)N1CCOCC1. The van der Waals surface area contributed by atoms with Crippen LogP contribution in [-0.2, 0) is 14.3 Å². The van der Waals surface area contributed by atoms with Crippen LogP contribution in [0.15, 0.2) is 0 Å². The molecule has 2 unspecified atom stereocenters. The average molecular weight is 294 g/mol. The largest absolute Gasteiger partial charge is 0.378 e. The molecule has 1 N–H and O–H groups in total. The Kier molecular flexibility index (Phi) is 4.78. The maximum atomic E-state index is 12.3. The molecule has 21 heavy (non-hydrogen) atoms. The molecule has 2 amide bonds. The van der Waals surface area contributed by atoms with Gasteiger partial charge in [-0.3, -0.25) is 9.59 Å². The Bertz CT molecular complexity index is 385. The highest BCUT2D eigenvalue weighted by Crippen LogP contribution is 2.40. The van der Waals surface area contributed by atoms with E-state index in [4.69, 9.17) is 4.74 Å². The van der Waals surface area contributed by atoms with E-state index in [0.717, 1.165) is 19.3 Å². The van der Waals surface area contributed by atoms with E-state index in [1.54, 1.807) is 0 Å². The molecule has 3 fully saturated rings. The van der Waals surface area contributed by atoms with E-state index >= 15 is 0 Å². The van der Waals surface area contributed by atoms with Crippen LogP contribution >= 0.6 is 0 Å². The monoisotopic (exact) mass is 294 g/mol. The van der Waals surface area contributed by atoms with Gasteiger partial charge in [-0.15, -0.1) is 0 Å². The molecule has 2 saturated carbocycles. The fraction of sp³-hybridized carbons (Fsp3) is 0.875. The molecule has 1 aliphatic heterocycles. The number of carbonyl (C=O) groups is 2. The predicted molar refractivity (Wildman–Crippen MR) is 78.6 cm³/mol. The lowest BCUT2D eigenvalue weighted by molar-refractivity contribution is -0.138. The van der Waals surface area contributed by atoms with E-state index in [0.29, 0.717) is 32.3 Å². The second-order valence-electron chi connectivity index (χ2n) is 6.58. The molecule has 1 saturated heterocycles. The fourth-order valence-electron chi connectivity index (χ4n) is 3.51. The highest BCUT2D eigenvalue weighted by molar-refractivity contribution is 5.92. The van der Waals surface area contributed by atoms with Crippen LogP contribution in [0.1, 0.15) is 44.9 Å². The topological polar surface area (TPSA) is 58.6 Å². The smallest absolute Gasteiger partial charge is 0.226 e. The molecule has 3 rings (SSSR count). The minimum atomic E-state index is -0.0800. The summed E-state index contributed by atoms with van der Waals surface area (Å²) in [6, 6.07) is 0.333. The van der Waals surface area contributed by atoms with Gasteiger partial charge < -0.3 is 15.0 Å². The summed E-state index contributed by atoms with van der Waals surface area (Å²) >= 11 is 0. The Morgan fingerprint density at radius 1 is 0.952 bits per heavy atom. The summed E-state index contributed by atoms with van der Waals surface area (Å²) in [5.41, 5.74) is 0. The van der Waals surface area contributed by atoms with Gasteiger partial charge in [0.25, 0.3) is 0 Å². The van der Waals surface area contributed by atoms with Gasteiger partial charge in [0.15, 0.2) is 0 Å². The number of nitrogens with one attached hydrogen (secondary N) is 1. The number of nitrogens with zero attached hydrogens (tertiary/aromatic N) is 1. The van der Waals surface area contributed by atoms with Crippen LogP contribution in [0.3, 0.4) is 0 Å². The van der Waals surface area contributed by atoms with Crippen LogP contribution in [-0.4, -0.2) is 49.1 Å². The summed E-state index contributed by atoms with van der Waals surface area (Å²) in [5, 5.41) is 3.17. The van der Waals surface area contributed by atoms with E-state index in [1.165, 1.54) is 25.7 Å². The zero-order valence-corrected chi connectivity index (χ0v) is 12.7. The molecule has 5 heteroatoms. The molecule has 2 aliphatic carbocycles. The highest BCUT2D eigenvalue weighted by Gasteiger charge is 2.49. The number of rotatable bonds is 3. The summed E-state index contributed by atoms with van der Waals surface area (Å²) in [5.74, 6) is 0.102. The molecule has 1 heterocycles. The van der Waals surface area contributed by atoms with Gasteiger partial charge >= 0.3 is 0 Å². The van der Waals surface area contributed by atoms with Crippen LogP contribution in [0.5, 0.6) is 0 Å². The fourth-order valence-corrected chi connectivity index (χ4v) is 3.51. The summed E-state index contributed by atoms with van der Waals surface area (Å²) < 4.78 is 5.26. The van der Waals surface area contributed by atoms with Crippen LogP contribution < -0.4 is 5.32 Å². The Hall–Kier alpha value is -1.10. The number of ether oxygens (including phenoxy) is 1. The molecular formula is C16H26N2O3. The lowest BCUT2D eigenvalue weighted by Crippen LogP contribution is -2.42. The van der Waals surface area contributed by atoms with Crippen molar-refractivity contribution in [1.82, 2.24) is 10.2 Å². The van der Waals surface area contributed by atoms with Crippen LogP contribution in [0, 0.1) is 11.8 Å². The van der Waals surface area contributed by atoms with E-state index < -0.39 is 0 Å². The molecule has 0 aromatic rings. The number of amides is 2. The molecule has 2 atom stereocenters. The van der Waals surface area contributed by atoms with Crippen molar-refractivity contribution in [1.29, 1.82) is 0 Å². The first-order valence-corrected chi connectivity index (χ1v) is 8.42. The van der Waals surface area contributed by atoms with Crippen LogP contribution in [0.4, 0.5) is 0 Å². The van der Waals surface area contributed by atoms with E-state index in [1.807, 2.05) is 4.90 Å². The van der Waals surface area contributed by atoms with Gasteiger partial charge in [0.1, 0.15) is 0 Å². The van der Waals surface area contributed by atoms with E-state index in [2.05, 4.69) is 5.32 Å². The Labute approximate surface area is 126 Å². The van der Waals surface area contributed by atoms with E-state index in [-0.39, 0.29) is 23.7 Å². The number of hydrogen-bond donors (Lipinski definition) is 1. The summed E-state index contributed by atoms with van der Waals surface area (Å²) in [6.07, 6.45) is 7.93. The third kappa shape index (κ3) is 3.76. The van der Waals surface area contributed by atoms with Crippen molar-refractivity contribution < 1.29 is 14.3 Å². The quantitative estimate of drug-likeness (QED) is 0.799. The molecule has 3 aliphatic rings. The Morgan fingerprint density at radius 2 is 1.62 bits per heavy atom. The average Bonchev–Trinajstić information content (AvgIpc) is 3.32. The number of morpholine rings is 1. The number of hydrogen-bond acceptors (Lipinski definition) is 3. The molecule has 118 valence electrons. The van der Waals surface area contributed by atoms with Crippen molar-refractivity contribution in [2.75, 3.05) is 26.3 Å². The molecule has 0 aromatic carbocycles. The van der Waals surface area contributed by atoms with Crippen molar-refractivity contribution in [3.63, 3.8) is 0 Å². The van der Waals surface area contributed by atoms with Gasteiger partial charge in [0, 0.05) is 19.1 Å². The van der Waals surface area contributed by atoms with Crippen molar-refractivity contribution in [2.45, 2.75) is 51.0 Å². The van der Waals surface area contributed by atoms with Gasteiger partial charge in [-0.25, -0.2) is 0 Å². The summed E-state index contributed by atoms with van der Waals surface area (Å²) in [6.45, 7) is 2.59. The first-order chi connectivity index (χ1) is 10.3. The van der Waals surface area contributed by atoms with Gasteiger partial charge in [0.05, 0.1) is 25.0 Å². The molecule has 0 aromatic heterocycles. The number of carbonyl (C=O) groups excluding carboxylic acids is 2. The lowest BCUT2D eigenvalue weighted by Gasteiger charge is -2.27. The Morgan fingerprint density at radius 3 is 2.29 bits per heavy atom. The predicted octanol–water partition coefficient (Wildman–Crippen LogP) is 1.32. The first kappa shape index (κ1) is 14.8. The second-order valence-corrected chi connectivity index (χ2v) is 6.58. The van der Waals surface area contributed by atoms with E-state index in [9.17, 15) is 9.59 Å². The van der Waals surface area contributed by atoms with Gasteiger partial charge in [0.2, 0.25) is 11.8 Å². The van der Waals surface area contributed by atoms with Crippen molar-refractivity contribution in [2.24, 2.45) is 11.8 Å². The standard InChI is InChI=1S/C16H26N2O3/c19-15(17-12-5-3-1-2-4-6-12)13-11-14(13)16(20)18-7-9-21-10-8-18/h12-14H,1-11H2,(H,17,19). The zero-order chi connectivity index (χ0) is 14.7. The summed E-state index contributed by atoms with van der Waals surface area (Å²) in [7, 11) is 0. The van der Waals surface area contributed by atoms with Crippen LogP contribution in [0.2, 0.25) is 0 Å². The van der Waals surface area contributed by atoms with Crippen molar-refractivity contribution in [3.05, 3.63) is 0 Å². The maximum absolute atomic E-state index is 12.3. The molecule has 0 spiro atoms.